The first kappa shape index (κ1) is 27.2. The fourth-order valence-electron chi connectivity index (χ4n) is 5.62. The fraction of sp³-hybridized carbons (Fsp3) is 0.414. The minimum absolute atomic E-state index is 0.123. The number of methoxy groups -OCH3 is 1. The predicted molar refractivity (Wildman–Crippen MR) is 150 cm³/mol. The van der Waals surface area contributed by atoms with Gasteiger partial charge < -0.3 is 19.7 Å². The van der Waals surface area contributed by atoms with Gasteiger partial charge in [-0.25, -0.2) is 14.8 Å². The van der Waals surface area contributed by atoms with Gasteiger partial charge in [-0.2, -0.15) is 5.10 Å². The SMILES string of the molecule is CCOc1cc2c(cc1OC)C1CC(=Nc3c(C)cc(C)cc3C)N(CCNC(=O)c3ncn[nH]3)C(=O)N1CC2. The summed E-state index contributed by atoms with van der Waals surface area (Å²) in [6.45, 7) is 9.69. The number of nitrogens with zero attached hydrogens (tertiary/aromatic N) is 5. The van der Waals surface area contributed by atoms with Crippen LogP contribution >= 0.6 is 0 Å². The third kappa shape index (κ3) is 5.23. The number of carbonyl (C=O) groups excluding carboxylic acids is 2. The average Bonchev–Trinajstić information content (AvgIpc) is 3.47. The van der Waals surface area contributed by atoms with E-state index < -0.39 is 0 Å². The highest BCUT2D eigenvalue weighted by atomic mass is 16.5. The van der Waals surface area contributed by atoms with E-state index in [0.29, 0.717) is 43.3 Å². The molecule has 1 atom stereocenters. The van der Waals surface area contributed by atoms with Crippen molar-refractivity contribution in [2.45, 2.75) is 46.6 Å². The van der Waals surface area contributed by atoms with Crippen molar-refractivity contribution in [1.29, 1.82) is 0 Å². The van der Waals surface area contributed by atoms with Crippen molar-refractivity contribution in [3.63, 3.8) is 0 Å². The highest BCUT2D eigenvalue weighted by Gasteiger charge is 2.41. The molecule has 2 N–H and O–H groups in total. The first-order chi connectivity index (χ1) is 19.3. The Morgan fingerprint density at radius 2 is 1.95 bits per heavy atom. The van der Waals surface area contributed by atoms with E-state index in [4.69, 9.17) is 14.5 Å². The van der Waals surface area contributed by atoms with Crippen LogP contribution in [-0.2, 0) is 6.42 Å². The number of aromatic amines is 1. The van der Waals surface area contributed by atoms with E-state index in [1.54, 1.807) is 12.0 Å². The molecule has 40 heavy (non-hydrogen) atoms. The van der Waals surface area contributed by atoms with Crippen LogP contribution in [0.5, 0.6) is 11.5 Å². The third-order valence-electron chi connectivity index (χ3n) is 7.37. The number of aliphatic imine (C=N–C) groups is 1. The van der Waals surface area contributed by atoms with Crippen LogP contribution in [0.1, 0.15) is 57.8 Å². The van der Waals surface area contributed by atoms with Crippen molar-refractivity contribution < 1.29 is 19.1 Å². The number of urea groups is 1. The zero-order valence-electron chi connectivity index (χ0n) is 23.6. The van der Waals surface area contributed by atoms with Gasteiger partial charge >= 0.3 is 6.03 Å². The molecule has 3 aromatic rings. The van der Waals surface area contributed by atoms with Gasteiger partial charge in [0.2, 0.25) is 5.82 Å². The lowest BCUT2D eigenvalue weighted by Crippen LogP contribution is -2.56. The van der Waals surface area contributed by atoms with E-state index in [1.807, 2.05) is 37.8 Å². The van der Waals surface area contributed by atoms with Gasteiger partial charge in [0.15, 0.2) is 11.5 Å². The Labute approximate surface area is 233 Å². The maximum absolute atomic E-state index is 14.0. The molecule has 1 saturated heterocycles. The number of fused-ring (bicyclic) bond motifs is 3. The first-order valence-corrected chi connectivity index (χ1v) is 13.5. The van der Waals surface area contributed by atoms with Crippen LogP contribution in [0.3, 0.4) is 0 Å². The molecule has 0 spiro atoms. The molecule has 210 valence electrons. The number of H-pyrrole nitrogens is 1. The van der Waals surface area contributed by atoms with Crippen LogP contribution in [0.2, 0.25) is 0 Å². The molecular formula is C29H35N7O4. The van der Waals surface area contributed by atoms with Gasteiger partial charge in [-0.1, -0.05) is 17.7 Å². The molecule has 11 heteroatoms. The monoisotopic (exact) mass is 545 g/mol. The Morgan fingerprint density at radius 1 is 1.18 bits per heavy atom. The van der Waals surface area contributed by atoms with Crippen LogP contribution in [0.4, 0.5) is 10.5 Å². The van der Waals surface area contributed by atoms with E-state index in [2.05, 4.69) is 39.6 Å². The van der Waals surface area contributed by atoms with Crippen LogP contribution in [-0.4, -0.2) is 76.1 Å². The number of carbonyl (C=O) groups is 2. The molecule has 11 nitrogen and oxygen atoms in total. The van der Waals surface area contributed by atoms with E-state index in [1.165, 1.54) is 6.33 Å². The molecule has 1 aromatic heterocycles. The summed E-state index contributed by atoms with van der Waals surface area (Å²) in [6.07, 6.45) is 2.51. The van der Waals surface area contributed by atoms with Gasteiger partial charge in [-0.15, -0.1) is 0 Å². The van der Waals surface area contributed by atoms with Crippen molar-refractivity contribution in [3.05, 3.63) is 64.2 Å². The van der Waals surface area contributed by atoms with Crippen LogP contribution in [0, 0.1) is 20.8 Å². The lowest BCUT2D eigenvalue weighted by atomic mass is 9.88. The number of aryl methyl sites for hydroxylation is 3. The maximum Gasteiger partial charge on any atom is 0.326 e. The summed E-state index contributed by atoms with van der Waals surface area (Å²) in [7, 11) is 1.63. The molecule has 3 heterocycles. The van der Waals surface area contributed by atoms with Crippen LogP contribution < -0.4 is 14.8 Å². The van der Waals surface area contributed by atoms with Gasteiger partial charge in [-0.3, -0.25) is 14.8 Å². The molecule has 2 aliphatic rings. The normalized spacial score (nSPS) is 17.5. The Balaban J connectivity index is 1.49. The summed E-state index contributed by atoms with van der Waals surface area (Å²) in [5.41, 5.74) is 6.31. The number of amides is 3. The second-order valence-electron chi connectivity index (χ2n) is 10.1. The van der Waals surface area contributed by atoms with E-state index in [9.17, 15) is 9.59 Å². The first-order valence-electron chi connectivity index (χ1n) is 13.5. The van der Waals surface area contributed by atoms with Gasteiger partial charge in [0.05, 0.1) is 25.4 Å². The maximum atomic E-state index is 14.0. The number of rotatable bonds is 8. The minimum Gasteiger partial charge on any atom is -0.493 e. The highest BCUT2D eigenvalue weighted by molar-refractivity contribution is 6.02. The Kier molecular flexibility index (Phi) is 7.72. The van der Waals surface area contributed by atoms with Crippen molar-refractivity contribution in [3.8, 4) is 11.5 Å². The van der Waals surface area contributed by atoms with Gasteiger partial charge in [0.1, 0.15) is 12.2 Å². The van der Waals surface area contributed by atoms with Gasteiger partial charge in [-0.05, 0) is 68.5 Å². The van der Waals surface area contributed by atoms with Gasteiger partial charge in [0, 0.05) is 26.1 Å². The molecule has 1 fully saturated rings. The minimum atomic E-state index is -0.382. The highest BCUT2D eigenvalue weighted by Crippen LogP contribution is 2.42. The van der Waals surface area contributed by atoms with Gasteiger partial charge in [0.25, 0.3) is 5.91 Å². The summed E-state index contributed by atoms with van der Waals surface area (Å²) in [6, 6.07) is 7.91. The van der Waals surface area contributed by atoms with Crippen molar-refractivity contribution in [1.82, 2.24) is 30.3 Å². The topological polar surface area (TPSA) is 125 Å². The Morgan fingerprint density at radius 3 is 2.62 bits per heavy atom. The van der Waals surface area contributed by atoms with E-state index in [-0.39, 0.29) is 36.9 Å². The lowest BCUT2D eigenvalue weighted by molar-refractivity contribution is 0.0936. The van der Waals surface area contributed by atoms with Crippen molar-refractivity contribution in [2.24, 2.45) is 4.99 Å². The summed E-state index contributed by atoms with van der Waals surface area (Å²) >= 11 is 0. The van der Waals surface area contributed by atoms with Crippen molar-refractivity contribution >= 4 is 23.5 Å². The number of nitrogens with one attached hydrogen (secondary N) is 2. The van der Waals surface area contributed by atoms with Crippen LogP contribution in [0.15, 0.2) is 35.6 Å². The molecule has 1 unspecified atom stereocenters. The number of amidine groups is 1. The number of benzene rings is 2. The fourth-order valence-corrected chi connectivity index (χ4v) is 5.62. The second kappa shape index (κ2) is 11.4. The zero-order valence-corrected chi connectivity index (χ0v) is 23.6. The molecule has 0 radical (unpaired) electrons. The zero-order chi connectivity index (χ0) is 28.4. The molecule has 2 aliphatic heterocycles. The second-order valence-corrected chi connectivity index (χ2v) is 10.1. The molecule has 3 amide bonds. The summed E-state index contributed by atoms with van der Waals surface area (Å²) < 4.78 is 11.5. The van der Waals surface area contributed by atoms with E-state index in [0.717, 1.165) is 33.5 Å². The quantitative estimate of drug-likeness (QED) is 0.441. The summed E-state index contributed by atoms with van der Waals surface area (Å²) in [5, 5.41) is 9.10. The summed E-state index contributed by atoms with van der Waals surface area (Å²) in [4.78, 5) is 39.0. The average molecular weight is 546 g/mol. The Hall–Kier alpha value is -4.41. The lowest BCUT2D eigenvalue weighted by Gasteiger charge is -2.45. The molecule has 0 bridgehead atoms. The molecule has 0 saturated carbocycles. The molecular weight excluding hydrogens is 510 g/mol. The number of aromatic nitrogens is 3. The van der Waals surface area contributed by atoms with Crippen molar-refractivity contribution in [2.75, 3.05) is 33.4 Å². The number of hydrogen-bond acceptors (Lipinski definition) is 7. The summed E-state index contributed by atoms with van der Waals surface area (Å²) in [5.74, 6) is 1.76. The largest absolute Gasteiger partial charge is 0.493 e. The molecule has 5 rings (SSSR count). The smallest absolute Gasteiger partial charge is 0.326 e. The number of hydrogen-bond donors (Lipinski definition) is 2. The Bertz CT molecular complexity index is 1430. The van der Waals surface area contributed by atoms with E-state index >= 15 is 0 Å². The predicted octanol–water partition coefficient (Wildman–Crippen LogP) is 4.02. The standard InChI is InChI=1S/C29H35N7O4/c1-6-40-24-13-20-7-9-35-22(21(20)14-23(24)39-5)15-25(33-26-18(3)11-17(2)12-19(26)4)36(29(35)38)10-8-30-28(37)27-31-16-32-34-27/h11-14,16,22H,6-10,15H2,1-5H3,(H,30,37)(H,31,32,34). The third-order valence-corrected chi connectivity index (χ3v) is 7.37. The van der Waals surface area contributed by atoms with Crippen LogP contribution in [0.25, 0.3) is 0 Å². The molecule has 0 aliphatic carbocycles. The molecule has 2 aromatic carbocycles. The number of ether oxygens (including phenoxy) is 2.